The summed E-state index contributed by atoms with van der Waals surface area (Å²) < 4.78 is 1.76. The number of ketones is 1. The monoisotopic (exact) mass is 261 g/mol. The highest BCUT2D eigenvalue weighted by Gasteiger charge is 2.03. The number of para-hydroxylation sites is 1. The third-order valence-corrected chi connectivity index (χ3v) is 3.33. The number of hydrogen-bond donors (Lipinski definition) is 0. The number of carbonyl (C=O) groups is 1. The van der Waals surface area contributed by atoms with Gasteiger partial charge in [0.25, 0.3) is 0 Å². The van der Waals surface area contributed by atoms with E-state index in [1.54, 1.807) is 29.7 Å². The van der Waals surface area contributed by atoms with Crippen LogP contribution < -0.4 is 0 Å². The zero-order valence-corrected chi connectivity index (χ0v) is 11.1. The summed E-state index contributed by atoms with van der Waals surface area (Å²) in [7, 11) is 0. The molecule has 4 nitrogen and oxygen atoms in total. The molecule has 1 aromatic carbocycles. The Labute approximate surface area is 110 Å². The summed E-state index contributed by atoms with van der Waals surface area (Å²) in [5, 5.41) is 5.13. The van der Waals surface area contributed by atoms with Crippen molar-refractivity contribution in [1.29, 1.82) is 0 Å². The molecule has 5 heteroatoms. The first-order valence-electron chi connectivity index (χ1n) is 5.85. The number of aromatic nitrogens is 3. The van der Waals surface area contributed by atoms with Gasteiger partial charge in [-0.3, -0.25) is 0 Å². The SMILES string of the molecule is CC(=O)CCCSc1ncn(-c2ccccc2)n1. The van der Waals surface area contributed by atoms with E-state index >= 15 is 0 Å². The molecular weight excluding hydrogens is 246 g/mol. The Hall–Kier alpha value is -1.62. The Morgan fingerprint density at radius 1 is 1.33 bits per heavy atom. The molecule has 1 heterocycles. The van der Waals surface area contributed by atoms with E-state index in [1.807, 2.05) is 30.3 Å². The molecule has 0 atom stereocenters. The molecule has 2 rings (SSSR count). The van der Waals surface area contributed by atoms with Crippen molar-refractivity contribution in [3.05, 3.63) is 36.7 Å². The lowest BCUT2D eigenvalue weighted by Gasteiger charge is -1.98. The minimum atomic E-state index is 0.235. The van der Waals surface area contributed by atoms with Crippen LogP contribution in [0, 0.1) is 0 Å². The predicted octanol–water partition coefficient (Wildman–Crippen LogP) is 2.73. The maximum absolute atomic E-state index is 10.8. The van der Waals surface area contributed by atoms with E-state index in [0.717, 1.165) is 23.0 Å². The second-order valence-electron chi connectivity index (χ2n) is 3.96. The van der Waals surface area contributed by atoms with Crippen LogP contribution in [-0.4, -0.2) is 26.3 Å². The lowest BCUT2D eigenvalue weighted by molar-refractivity contribution is -0.117. The van der Waals surface area contributed by atoms with Gasteiger partial charge in [0, 0.05) is 12.2 Å². The van der Waals surface area contributed by atoms with Crippen LogP contribution in [0.2, 0.25) is 0 Å². The van der Waals surface area contributed by atoms with Gasteiger partial charge in [-0.15, -0.1) is 5.10 Å². The smallest absolute Gasteiger partial charge is 0.208 e. The fourth-order valence-electron chi connectivity index (χ4n) is 1.50. The molecular formula is C13H15N3OS. The second kappa shape index (κ2) is 6.35. The highest BCUT2D eigenvalue weighted by atomic mass is 32.2. The number of Topliss-reactive ketones (excluding diaryl/α,β-unsaturated/α-hetero) is 1. The lowest BCUT2D eigenvalue weighted by atomic mass is 10.3. The van der Waals surface area contributed by atoms with Crippen LogP contribution in [0.3, 0.4) is 0 Å². The molecule has 0 aliphatic heterocycles. The highest BCUT2D eigenvalue weighted by molar-refractivity contribution is 7.99. The fraction of sp³-hybridized carbons (Fsp3) is 0.308. The molecule has 0 N–H and O–H groups in total. The van der Waals surface area contributed by atoms with E-state index in [0.29, 0.717) is 6.42 Å². The van der Waals surface area contributed by atoms with Crippen LogP contribution in [-0.2, 0) is 4.79 Å². The molecule has 18 heavy (non-hydrogen) atoms. The van der Waals surface area contributed by atoms with E-state index in [-0.39, 0.29) is 5.78 Å². The molecule has 0 amide bonds. The first-order chi connectivity index (χ1) is 8.75. The van der Waals surface area contributed by atoms with Gasteiger partial charge in [0.1, 0.15) is 12.1 Å². The average molecular weight is 261 g/mol. The molecule has 0 aliphatic carbocycles. The van der Waals surface area contributed by atoms with Gasteiger partial charge < -0.3 is 4.79 Å². The van der Waals surface area contributed by atoms with Crippen molar-refractivity contribution in [1.82, 2.24) is 14.8 Å². The van der Waals surface area contributed by atoms with Crippen molar-refractivity contribution >= 4 is 17.5 Å². The Morgan fingerprint density at radius 3 is 2.83 bits per heavy atom. The van der Waals surface area contributed by atoms with Crippen molar-refractivity contribution in [2.24, 2.45) is 0 Å². The van der Waals surface area contributed by atoms with Crippen molar-refractivity contribution in [3.8, 4) is 5.69 Å². The van der Waals surface area contributed by atoms with Gasteiger partial charge in [0.15, 0.2) is 0 Å². The molecule has 0 saturated heterocycles. The van der Waals surface area contributed by atoms with E-state index in [2.05, 4.69) is 10.1 Å². The Morgan fingerprint density at radius 2 is 2.11 bits per heavy atom. The van der Waals surface area contributed by atoms with Crippen LogP contribution in [0.1, 0.15) is 19.8 Å². The maximum Gasteiger partial charge on any atom is 0.208 e. The van der Waals surface area contributed by atoms with Gasteiger partial charge in [-0.05, 0) is 25.5 Å². The molecule has 0 fully saturated rings. The van der Waals surface area contributed by atoms with Crippen molar-refractivity contribution in [3.63, 3.8) is 0 Å². The largest absolute Gasteiger partial charge is 0.300 e. The van der Waals surface area contributed by atoms with Crippen LogP contribution in [0.15, 0.2) is 41.8 Å². The van der Waals surface area contributed by atoms with E-state index in [9.17, 15) is 4.79 Å². The Bertz CT molecular complexity index is 510. The predicted molar refractivity (Wildman–Crippen MR) is 72.0 cm³/mol. The quantitative estimate of drug-likeness (QED) is 0.592. The third kappa shape index (κ3) is 3.70. The van der Waals surface area contributed by atoms with Gasteiger partial charge in [0.2, 0.25) is 5.16 Å². The van der Waals surface area contributed by atoms with Crippen LogP contribution in [0.4, 0.5) is 0 Å². The zero-order chi connectivity index (χ0) is 12.8. The van der Waals surface area contributed by atoms with Crippen molar-refractivity contribution < 1.29 is 4.79 Å². The van der Waals surface area contributed by atoms with E-state index in [4.69, 9.17) is 0 Å². The molecule has 0 radical (unpaired) electrons. The minimum Gasteiger partial charge on any atom is -0.300 e. The summed E-state index contributed by atoms with van der Waals surface area (Å²) in [5.41, 5.74) is 1.00. The Balaban J connectivity index is 1.89. The molecule has 0 spiro atoms. The molecule has 0 saturated carbocycles. The zero-order valence-electron chi connectivity index (χ0n) is 10.2. The van der Waals surface area contributed by atoms with Crippen LogP contribution in [0.5, 0.6) is 0 Å². The summed E-state index contributed by atoms with van der Waals surface area (Å²) in [6.45, 7) is 1.62. The van der Waals surface area contributed by atoms with E-state index in [1.165, 1.54) is 0 Å². The third-order valence-electron chi connectivity index (χ3n) is 2.40. The van der Waals surface area contributed by atoms with Gasteiger partial charge in [-0.1, -0.05) is 30.0 Å². The van der Waals surface area contributed by atoms with Crippen molar-refractivity contribution in [2.45, 2.75) is 24.9 Å². The summed E-state index contributed by atoms with van der Waals surface area (Å²) in [6, 6.07) is 9.88. The first kappa shape index (κ1) is 12.8. The normalized spacial score (nSPS) is 10.5. The number of nitrogens with zero attached hydrogens (tertiary/aromatic N) is 3. The number of hydrogen-bond acceptors (Lipinski definition) is 4. The molecule has 94 valence electrons. The van der Waals surface area contributed by atoms with Crippen LogP contribution >= 0.6 is 11.8 Å². The summed E-state index contributed by atoms with van der Waals surface area (Å²) >= 11 is 1.58. The van der Waals surface area contributed by atoms with Gasteiger partial charge in [-0.25, -0.2) is 9.67 Å². The lowest BCUT2D eigenvalue weighted by Crippen LogP contribution is -1.94. The standard InChI is InChI=1S/C13H15N3OS/c1-11(17)6-5-9-18-13-14-10-16(15-13)12-7-3-2-4-8-12/h2-4,7-8,10H,5-6,9H2,1H3. The second-order valence-corrected chi connectivity index (χ2v) is 5.02. The number of carbonyl (C=O) groups excluding carboxylic acids is 1. The minimum absolute atomic E-state index is 0.235. The highest BCUT2D eigenvalue weighted by Crippen LogP contribution is 2.15. The fourth-order valence-corrected chi connectivity index (χ4v) is 2.24. The van der Waals surface area contributed by atoms with E-state index < -0.39 is 0 Å². The van der Waals surface area contributed by atoms with Crippen molar-refractivity contribution in [2.75, 3.05) is 5.75 Å². The molecule has 0 unspecified atom stereocenters. The number of rotatable bonds is 6. The average Bonchev–Trinajstić information content (AvgIpc) is 2.84. The van der Waals surface area contributed by atoms with Gasteiger partial charge in [0.05, 0.1) is 5.69 Å². The summed E-state index contributed by atoms with van der Waals surface area (Å²) in [6.07, 6.45) is 3.22. The number of thioether (sulfide) groups is 1. The topological polar surface area (TPSA) is 47.8 Å². The molecule has 2 aromatic rings. The number of benzene rings is 1. The van der Waals surface area contributed by atoms with Crippen LogP contribution in [0.25, 0.3) is 5.69 Å². The van der Waals surface area contributed by atoms with Gasteiger partial charge in [-0.2, -0.15) is 0 Å². The van der Waals surface area contributed by atoms with Gasteiger partial charge >= 0.3 is 0 Å². The summed E-state index contributed by atoms with van der Waals surface area (Å²) in [5.74, 6) is 1.11. The maximum atomic E-state index is 10.8. The molecule has 0 aliphatic rings. The molecule has 0 bridgehead atoms. The first-order valence-corrected chi connectivity index (χ1v) is 6.83. The summed E-state index contributed by atoms with van der Waals surface area (Å²) in [4.78, 5) is 15.0. The Kier molecular flexibility index (Phi) is 4.52. The molecule has 1 aromatic heterocycles.